The molecule has 1 aliphatic heterocycles. The summed E-state index contributed by atoms with van der Waals surface area (Å²) in [6.45, 7) is -2.03. The Morgan fingerprint density at radius 2 is 1.67 bits per heavy atom. The third kappa shape index (κ3) is 9.98. The Hall–Kier alpha value is -5.07. The first-order chi connectivity index (χ1) is 21.9. The highest BCUT2D eigenvalue weighted by Crippen LogP contribution is 2.20. The average Bonchev–Trinajstić information content (AvgIpc) is 3.74. The molecule has 1 fully saturated rings. The van der Waals surface area contributed by atoms with Crippen LogP contribution in [0.4, 0.5) is 0 Å². The van der Waals surface area contributed by atoms with Crippen molar-refractivity contribution < 1.29 is 49.2 Å². The molecular formula is C28H38N8O10. The molecule has 5 amide bonds. The summed E-state index contributed by atoms with van der Waals surface area (Å²) in [4.78, 5) is 83.6. The van der Waals surface area contributed by atoms with Crippen LogP contribution in [0.2, 0.25) is 0 Å². The third-order valence-electron chi connectivity index (χ3n) is 7.21. The number of H-pyrrole nitrogens is 1. The standard InChI is InChI=1S/C28H38N8O10/c29-18(12-37)24(41)34-19(8-15-3-5-17(39)6-4-15)27(44)36-7-1-2-22(36)26(43)35-21(13-38)25(42)31-11-23(40)33-20(28(45)46)9-16-10-30-14-32-16/h3-6,10,14,18-22,37-39H,1-2,7-9,11-13,29H2,(H,30,32)(H,31,42)(H,33,40)(H,34,41)(H,35,43)(H,45,46)/t18-,19-,20-,21-,22-/m0/s1. The Balaban J connectivity index is 1.62. The molecule has 2 heterocycles. The Morgan fingerprint density at radius 1 is 0.957 bits per heavy atom. The molecule has 1 saturated heterocycles. The highest BCUT2D eigenvalue weighted by Gasteiger charge is 2.39. The maximum absolute atomic E-state index is 13.6. The van der Waals surface area contributed by atoms with Crippen molar-refractivity contribution >= 4 is 35.5 Å². The number of aromatic nitrogens is 2. The molecule has 5 atom stereocenters. The number of hydrogen-bond donors (Lipinski definition) is 10. The van der Waals surface area contributed by atoms with E-state index in [9.17, 15) is 49.2 Å². The lowest BCUT2D eigenvalue weighted by Gasteiger charge is -2.30. The second kappa shape index (κ2) is 16.8. The molecule has 11 N–H and O–H groups in total. The summed E-state index contributed by atoms with van der Waals surface area (Å²) in [5, 5.41) is 47.4. The van der Waals surface area contributed by atoms with Gasteiger partial charge in [0.25, 0.3) is 0 Å². The van der Waals surface area contributed by atoms with E-state index >= 15 is 0 Å². The predicted molar refractivity (Wildman–Crippen MR) is 157 cm³/mol. The number of nitrogens with one attached hydrogen (secondary N) is 5. The molecule has 0 saturated carbocycles. The van der Waals surface area contributed by atoms with Gasteiger partial charge in [-0.25, -0.2) is 9.78 Å². The lowest BCUT2D eigenvalue weighted by atomic mass is 10.0. The van der Waals surface area contributed by atoms with Gasteiger partial charge in [0.1, 0.15) is 36.0 Å². The molecule has 250 valence electrons. The zero-order valence-electron chi connectivity index (χ0n) is 24.7. The summed E-state index contributed by atoms with van der Waals surface area (Å²) in [6.07, 6.45) is 3.26. The van der Waals surface area contributed by atoms with E-state index in [1.165, 1.54) is 29.6 Å². The third-order valence-corrected chi connectivity index (χ3v) is 7.21. The molecule has 18 nitrogen and oxygen atoms in total. The first kappa shape index (κ1) is 35.4. The summed E-state index contributed by atoms with van der Waals surface area (Å²) in [5.41, 5.74) is 6.65. The van der Waals surface area contributed by atoms with Gasteiger partial charge in [-0.15, -0.1) is 0 Å². The molecule has 3 rings (SSSR count). The predicted octanol–water partition coefficient (Wildman–Crippen LogP) is -4.14. The van der Waals surface area contributed by atoms with E-state index in [1.807, 2.05) is 0 Å². The van der Waals surface area contributed by atoms with Crippen LogP contribution in [0.25, 0.3) is 0 Å². The van der Waals surface area contributed by atoms with Crippen LogP contribution >= 0.6 is 0 Å². The minimum absolute atomic E-state index is 0.00733. The number of rotatable bonds is 16. The van der Waals surface area contributed by atoms with Crippen LogP contribution in [-0.4, -0.2) is 127 Å². The number of likely N-dealkylation sites (tertiary alicyclic amines) is 1. The van der Waals surface area contributed by atoms with Crippen molar-refractivity contribution in [1.82, 2.24) is 36.1 Å². The molecule has 2 aromatic rings. The van der Waals surface area contributed by atoms with Gasteiger partial charge in [-0.05, 0) is 30.5 Å². The number of nitrogens with zero attached hydrogens (tertiary/aromatic N) is 2. The van der Waals surface area contributed by atoms with Crippen molar-refractivity contribution in [3.63, 3.8) is 0 Å². The summed E-state index contributed by atoms with van der Waals surface area (Å²) < 4.78 is 0. The summed E-state index contributed by atoms with van der Waals surface area (Å²) >= 11 is 0. The van der Waals surface area contributed by atoms with E-state index < -0.39 is 85.5 Å². The number of imidazole rings is 1. The van der Waals surface area contributed by atoms with Crippen molar-refractivity contribution in [2.45, 2.75) is 55.9 Å². The van der Waals surface area contributed by atoms with Gasteiger partial charge in [-0.1, -0.05) is 12.1 Å². The first-order valence-electron chi connectivity index (χ1n) is 14.4. The van der Waals surface area contributed by atoms with Gasteiger partial charge >= 0.3 is 5.97 Å². The van der Waals surface area contributed by atoms with Gasteiger partial charge in [0.15, 0.2) is 0 Å². The number of aliphatic carboxylic acids is 1. The zero-order chi connectivity index (χ0) is 33.8. The van der Waals surface area contributed by atoms with Gasteiger partial charge < -0.3 is 57.3 Å². The number of phenolic OH excluding ortho intramolecular Hbond substituents is 1. The normalized spacial score (nSPS) is 16.8. The van der Waals surface area contributed by atoms with Crippen molar-refractivity contribution in [3.05, 3.63) is 48.0 Å². The molecule has 1 aromatic carbocycles. The molecule has 0 spiro atoms. The number of carboxylic acid groups (broad SMARTS) is 1. The van der Waals surface area contributed by atoms with E-state index in [0.29, 0.717) is 17.7 Å². The van der Waals surface area contributed by atoms with E-state index in [4.69, 9.17) is 5.73 Å². The molecule has 0 radical (unpaired) electrons. The Bertz CT molecular complexity index is 1370. The maximum Gasteiger partial charge on any atom is 0.326 e. The number of aromatic hydroxyl groups is 1. The highest BCUT2D eigenvalue weighted by atomic mass is 16.4. The van der Waals surface area contributed by atoms with E-state index in [0.717, 1.165) is 0 Å². The lowest BCUT2D eigenvalue weighted by Crippen LogP contribution is -2.59. The monoisotopic (exact) mass is 646 g/mol. The highest BCUT2D eigenvalue weighted by molar-refractivity contribution is 5.96. The summed E-state index contributed by atoms with van der Waals surface area (Å²) in [5.74, 6) is -5.28. The Kier molecular flexibility index (Phi) is 13.0. The fourth-order valence-corrected chi connectivity index (χ4v) is 4.75. The van der Waals surface area contributed by atoms with Crippen molar-refractivity contribution in [2.75, 3.05) is 26.3 Å². The number of carbonyl (C=O) groups is 6. The second-order valence-electron chi connectivity index (χ2n) is 10.6. The molecule has 1 aromatic heterocycles. The quantitative estimate of drug-likeness (QED) is 0.0832. The Morgan fingerprint density at radius 3 is 2.28 bits per heavy atom. The maximum atomic E-state index is 13.6. The number of benzene rings is 1. The van der Waals surface area contributed by atoms with Crippen LogP contribution in [0.1, 0.15) is 24.1 Å². The Labute approximate surface area is 262 Å². The molecule has 0 unspecified atom stereocenters. The number of carbonyl (C=O) groups excluding carboxylic acids is 5. The van der Waals surface area contributed by atoms with Crippen LogP contribution in [-0.2, 0) is 41.6 Å². The zero-order valence-corrected chi connectivity index (χ0v) is 24.7. The number of carboxylic acids is 1. The van der Waals surface area contributed by atoms with Crippen LogP contribution in [0.5, 0.6) is 5.75 Å². The molecular weight excluding hydrogens is 608 g/mol. The van der Waals surface area contributed by atoms with E-state index in [-0.39, 0.29) is 31.6 Å². The first-order valence-corrected chi connectivity index (χ1v) is 14.4. The summed E-state index contributed by atoms with van der Waals surface area (Å²) in [6, 6.07) is -0.478. The fourth-order valence-electron chi connectivity index (χ4n) is 4.75. The molecule has 18 heteroatoms. The van der Waals surface area contributed by atoms with E-state index in [1.54, 1.807) is 12.1 Å². The van der Waals surface area contributed by atoms with Gasteiger partial charge in [0.05, 0.1) is 26.1 Å². The van der Waals surface area contributed by atoms with Crippen LogP contribution in [0.15, 0.2) is 36.8 Å². The molecule has 1 aliphatic rings. The number of aromatic amines is 1. The van der Waals surface area contributed by atoms with Gasteiger partial charge in [0.2, 0.25) is 29.5 Å². The smallest absolute Gasteiger partial charge is 0.326 e. The topological polar surface area (TPSA) is 289 Å². The number of aliphatic hydroxyl groups is 2. The molecule has 46 heavy (non-hydrogen) atoms. The van der Waals surface area contributed by atoms with Gasteiger partial charge in [-0.2, -0.15) is 0 Å². The van der Waals surface area contributed by atoms with E-state index in [2.05, 4.69) is 31.2 Å². The number of phenols is 1. The lowest BCUT2D eigenvalue weighted by molar-refractivity contribution is -0.142. The fraction of sp³-hybridized carbons (Fsp3) is 0.464. The molecule has 0 bridgehead atoms. The van der Waals surface area contributed by atoms with Crippen LogP contribution in [0.3, 0.4) is 0 Å². The SMILES string of the molecule is N[C@@H](CO)C(=O)N[C@@H](Cc1ccc(O)cc1)C(=O)N1CCC[C@H]1C(=O)N[C@@H](CO)C(=O)NCC(=O)N[C@@H](Cc1cnc[nH]1)C(=O)O. The number of aliphatic hydroxyl groups excluding tert-OH is 2. The van der Waals surface area contributed by atoms with Crippen molar-refractivity contribution in [1.29, 1.82) is 0 Å². The largest absolute Gasteiger partial charge is 0.508 e. The minimum atomic E-state index is -1.51. The number of amides is 5. The van der Waals surface area contributed by atoms with Crippen LogP contribution in [0, 0.1) is 0 Å². The van der Waals surface area contributed by atoms with Gasteiger partial charge in [0, 0.05) is 31.3 Å². The number of nitrogens with two attached hydrogens (primary N) is 1. The minimum Gasteiger partial charge on any atom is -0.508 e. The second-order valence-corrected chi connectivity index (χ2v) is 10.6. The van der Waals surface area contributed by atoms with Crippen LogP contribution < -0.4 is 27.0 Å². The molecule has 0 aliphatic carbocycles. The van der Waals surface area contributed by atoms with Crippen molar-refractivity contribution in [3.8, 4) is 5.75 Å². The number of hydrogen-bond acceptors (Lipinski definition) is 11. The average molecular weight is 647 g/mol. The van der Waals surface area contributed by atoms with Crippen molar-refractivity contribution in [2.24, 2.45) is 5.73 Å². The van der Waals surface area contributed by atoms with Gasteiger partial charge in [-0.3, -0.25) is 24.0 Å². The summed E-state index contributed by atoms with van der Waals surface area (Å²) in [7, 11) is 0.